The zero-order valence-electron chi connectivity index (χ0n) is 8.01. The molecule has 1 N–H and O–H groups in total. The van der Waals surface area contributed by atoms with Gasteiger partial charge in [0.25, 0.3) is 0 Å². The summed E-state index contributed by atoms with van der Waals surface area (Å²) in [6.45, 7) is 0. The Hall–Kier alpha value is -1.57. The second-order valence-electron chi connectivity index (χ2n) is 3.14. The van der Waals surface area contributed by atoms with Crippen molar-refractivity contribution in [2.45, 2.75) is 6.18 Å². The Bertz CT molecular complexity index is 603. The third-order valence-electron chi connectivity index (χ3n) is 1.99. The molecule has 1 aromatic carbocycles. The lowest BCUT2D eigenvalue weighted by Crippen LogP contribution is -2.04. The fourth-order valence-corrected chi connectivity index (χ4v) is 1.80. The highest BCUT2D eigenvalue weighted by molar-refractivity contribution is 9.10. The van der Waals surface area contributed by atoms with Gasteiger partial charge in [-0.3, -0.25) is 9.51 Å². The van der Waals surface area contributed by atoms with Crippen LogP contribution >= 0.6 is 15.9 Å². The summed E-state index contributed by atoms with van der Waals surface area (Å²) in [5.41, 5.74) is -0.484. The SMILES string of the molecule is O=c1[nH]c(-c2ccc(C(F)(F)F)cc2Br)no1. The average molecular weight is 309 g/mol. The summed E-state index contributed by atoms with van der Waals surface area (Å²) in [4.78, 5) is 13.0. The molecular weight excluding hydrogens is 305 g/mol. The predicted octanol–water partition coefficient (Wildman–Crippen LogP) is 2.81. The highest BCUT2D eigenvalue weighted by Gasteiger charge is 2.31. The first-order chi connectivity index (χ1) is 7.88. The first kappa shape index (κ1) is 11.9. The molecule has 1 heterocycles. The molecule has 17 heavy (non-hydrogen) atoms. The summed E-state index contributed by atoms with van der Waals surface area (Å²) in [6.07, 6.45) is -4.42. The third kappa shape index (κ3) is 2.41. The van der Waals surface area contributed by atoms with Crippen LogP contribution in [-0.2, 0) is 6.18 Å². The van der Waals surface area contributed by atoms with Gasteiger partial charge in [-0.2, -0.15) is 13.2 Å². The Morgan fingerprint density at radius 2 is 2.06 bits per heavy atom. The van der Waals surface area contributed by atoms with E-state index in [1.807, 2.05) is 0 Å². The smallest absolute Gasteiger partial charge is 0.296 e. The van der Waals surface area contributed by atoms with Gasteiger partial charge in [-0.15, -0.1) is 0 Å². The maximum absolute atomic E-state index is 12.4. The molecule has 1 aromatic heterocycles. The molecule has 0 amide bonds. The quantitative estimate of drug-likeness (QED) is 0.881. The predicted molar refractivity (Wildman–Crippen MR) is 55.3 cm³/mol. The van der Waals surface area contributed by atoms with Gasteiger partial charge in [-0.05, 0) is 18.2 Å². The lowest BCUT2D eigenvalue weighted by molar-refractivity contribution is -0.137. The zero-order valence-corrected chi connectivity index (χ0v) is 9.59. The van der Waals surface area contributed by atoms with Gasteiger partial charge < -0.3 is 0 Å². The molecule has 2 aromatic rings. The van der Waals surface area contributed by atoms with Gasteiger partial charge in [-0.25, -0.2) is 4.79 Å². The van der Waals surface area contributed by atoms with Gasteiger partial charge in [0.1, 0.15) is 0 Å². The molecular formula is C9H4BrF3N2O2. The molecule has 0 radical (unpaired) electrons. The van der Waals surface area contributed by atoms with Crippen LogP contribution in [0.2, 0.25) is 0 Å². The number of aromatic amines is 1. The van der Waals surface area contributed by atoms with Crippen molar-refractivity contribution < 1.29 is 17.7 Å². The van der Waals surface area contributed by atoms with Crippen molar-refractivity contribution in [2.24, 2.45) is 0 Å². The van der Waals surface area contributed by atoms with Crippen LogP contribution in [0.3, 0.4) is 0 Å². The van der Waals surface area contributed by atoms with Gasteiger partial charge in [0.2, 0.25) is 0 Å². The second kappa shape index (κ2) is 4.02. The molecule has 2 rings (SSSR count). The lowest BCUT2D eigenvalue weighted by atomic mass is 10.1. The number of nitrogens with zero attached hydrogens (tertiary/aromatic N) is 1. The van der Waals surface area contributed by atoms with Crippen molar-refractivity contribution in [3.63, 3.8) is 0 Å². The molecule has 0 saturated heterocycles. The van der Waals surface area contributed by atoms with Crippen molar-refractivity contribution >= 4 is 15.9 Å². The number of hydrogen-bond acceptors (Lipinski definition) is 3. The number of benzene rings is 1. The Morgan fingerprint density at radius 1 is 1.35 bits per heavy atom. The minimum absolute atomic E-state index is 0.0654. The Balaban J connectivity index is 2.49. The van der Waals surface area contributed by atoms with Crippen molar-refractivity contribution in [3.8, 4) is 11.4 Å². The first-order valence-electron chi connectivity index (χ1n) is 4.31. The third-order valence-corrected chi connectivity index (χ3v) is 2.65. The standard InChI is InChI=1S/C9H4BrF3N2O2/c10-6-3-4(9(11,12)13)1-2-5(6)7-14-8(16)17-15-7/h1-3H,(H,14,15,16). The van der Waals surface area contributed by atoms with E-state index in [9.17, 15) is 18.0 Å². The van der Waals surface area contributed by atoms with E-state index in [4.69, 9.17) is 0 Å². The summed E-state index contributed by atoms with van der Waals surface area (Å²) in [5.74, 6) is -0.706. The van der Waals surface area contributed by atoms with Gasteiger partial charge >= 0.3 is 11.9 Å². The Labute approximate surface area is 101 Å². The van der Waals surface area contributed by atoms with Crippen molar-refractivity contribution in [1.82, 2.24) is 10.1 Å². The Morgan fingerprint density at radius 3 is 2.53 bits per heavy atom. The number of hydrogen-bond donors (Lipinski definition) is 1. The van der Waals surface area contributed by atoms with Crippen LogP contribution in [0.5, 0.6) is 0 Å². The van der Waals surface area contributed by atoms with E-state index in [0.29, 0.717) is 5.56 Å². The maximum atomic E-state index is 12.4. The monoisotopic (exact) mass is 308 g/mol. The van der Waals surface area contributed by atoms with Crippen molar-refractivity contribution in [3.05, 3.63) is 38.8 Å². The zero-order chi connectivity index (χ0) is 12.6. The van der Waals surface area contributed by atoms with Crippen molar-refractivity contribution in [2.75, 3.05) is 0 Å². The molecule has 0 spiro atoms. The highest BCUT2D eigenvalue weighted by Crippen LogP contribution is 2.34. The molecule has 0 aliphatic heterocycles. The first-order valence-corrected chi connectivity index (χ1v) is 5.10. The van der Waals surface area contributed by atoms with Crippen LogP contribution in [0.4, 0.5) is 13.2 Å². The maximum Gasteiger partial charge on any atom is 0.439 e. The van der Waals surface area contributed by atoms with E-state index in [0.717, 1.165) is 12.1 Å². The minimum Gasteiger partial charge on any atom is -0.296 e. The lowest BCUT2D eigenvalue weighted by Gasteiger charge is -2.08. The van der Waals surface area contributed by atoms with E-state index >= 15 is 0 Å². The summed E-state index contributed by atoms with van der Waals surface area (Å²) < 4.78 is 41.6. The summed E-state index contributed by atoms with van der Waals surface area (Å²) in [6, 6.07) is 3.00. The summed E-state index contributed by atoms with van der Waals surface area (Å²) in [5, 5.41) is 3.38. The van der Waals surface area contributed by atoms with E-state index in [-0.39, 0.29) is 10.3 Å². The van der Waals surface area contributed by atoms with E-state index in [1.165, 1.54) is 6.07 Å². The normalized spacial score (nSPS) is 11.8. The fraction of sp³-hybridized carbons (Fsp3) is 0.111. The highest BCUT2D eigenvalue weighted by atomic mass is 79.9. The van der Waals surface area contributed by atoms with Crippen LogP contribution in [0, 0.1) is 0 Å². The molecule has 4 nitrogen and oxygen atoms in total. The van der Waals surface area contributed by atoms with Gasteiger partial charge in [0, 0.05) is 10.0 Å². The molecule has 90 valence electrons. The van der Waals surface area contributed by atoms with Crippen LogP contribution in [0.15, 0.2) is 32.0 Å². The number of nitrogens with one attached hydrogen (secondary N) is 1. The molecule has 0 fully saturated rings. The van der Waals surface area contributed by atoms with Crippen molar-refractivity contribution in [1.29, 1.82) is 0 Å². The molecule has 8 heteroatoms. The van der Waals surface area contributed by atoms with E-state index in [1.54, 1.807) is 0 Å². The topological polar surface area (TPSA) is 58.9 Å². The molecule has 0 atom stereocenters. The molecule has 0 aliphatic rings. The van der Waals surface area contributed by atoms with E-state index < -0.39 is 17.5 Å². The van der Waals surface area contributed by atoms with Gasteiger partial charge in [-0.1, -0.05) is 21.1 Å². The number of alkyl halides is 3. The number of halogens is 4. The van der Waals surface area contributed by atoms with Crippen LogP contribution in [0.1, 0.15) is 5.56 Å². The summed E-state index contributed by atoms with van der Waals surface area (Å²) in [7, 11) is 0. The molecule has 0 unspecified atom stereocenters. The summed E-state index contributed by atoms with van der Waals surface area (Å²) >= 11 is 2.98. The van der Waals surface area contributed by atoms with Gasteiger partial charge in [0.15, 0.2) is 5.82 Å². The van der Waals surface area contributed by atoms with Crippen LogP contribution in [-0.4, -0.2) is 10.1 Å². The minimum atomic E-state index is -4.42. The number of H-pyrrole nitrogens is 1. The average Bonchev–Trinajstić information content (AvgIpc) is 2.63. The second-order valence-corrected chi connectivity index (χ2v) is 3.99. The van der Waals surface area contributed by atoms with Crippen LogP contribution in [0.25, 0.3) is 11.4 Å². The number of aromatic nitrogens is 2. The Kier molecular flexibility index (Phi) is 2.82. The van der Waals surface area contributed by atoms with E-state index in [2.05, 4.69) is 30.6 Å². The molecule has 0 aliphatic carbocycles. The van der Waals surface area contributed by atoms with Crippen LogP contribution < -0.4 is 5.76 Å². The molecule has 0 saturated carbocycles. The fourth-order valence-electron chi connectivity index (χ4n) is 1.23. The number of rotatable bonds is 1. The molecule has 0 bridgehead atoms. The largest absolute Gasteiger partial charge is 0.439 e. The van der Waals surface area contributed by atoms with Gasteiger partial charge in [0.05, 0.1) is 5.56 Å².